The van der Waals surface area contributed by atoms with E-state index in [1.807, 2.05) is 30.3 Å². The van der Waals surface area contributed by atoms with E-state index in [9.17, 15) is 14.4 Å². The maximum absolute atomic E-state index is 12.8. The minimum Gasteiger partial charge on any atom is -0.494 e. The zero-order valence-corrected chi connectivity index (χ0v) is 19.5. The van der Waals surface area contributed by atoms with E-state index in [-0.39, 0.29) is 18.9 Å². The molecule has 1 aromatic heterocycles. The first-order valence-electron chi connectivity index (χ1n) is 10.5. The molecule has 0 aliphatic carbocycles. The van der Waals surface area contributed by atoms with Crippen LogP contribution < -0.4 is 20.7 Å². The number of carbonyl (C=O) groups excluding carboxylic acids is 3. The number of benzene rings is 2. The summed E-state index contributed by atoms with van der Waals surface area (Å²) in [4.78, 5) is 40.9. The number of methoxy groups -OCH3 is 1. The van der Waals surface area contributed by atoms with Crippen LogP contribution >= 0.6 is 11.3 Å². The summed E-state index contributed by atoms with van der Waals surface area (Å²) in [5.74, 6) is -0.0810. The average Bonchev–Trinajstić information content (AvgIpc) is 3.20. The molecular formula is C23H26N4O5S. The van der Waals surface area contributed by atoms with Gasteiger partial charge in [-0.2, -0.15) is 0 Å². The van der Waals surface area contributed by atoms with E-state index in [1.54, 1.807) is 26.0 Å². The van der Waals surface area contributed by atoms with E-state index < -0.39 is 18.0 Å². The Kier molecular flexibility index (Phi) is 8.20. The van der Waals surface area contributed by atoms with E-state index in [0.717, 1.165) is 10.3 Å². The fraction of sp³-hybridized carbons (Fsp3) is 0.304. The lowest BCUT2D eigenvalue weighted by atomic mass is 10.0. The van der Waals surface area contributed by atoms with Gasteiger partial charge in [-0.15, -0.1) is 0 Å². The number of carbonyl (C=O) groups is 3. The zero-order valence-electron chi connectivity index (χ0n) is 18.6. The van der Waals surface area contributed by atoms with Gasteiger partial charge in [-0.05, 0) is 18.6 Å². The van der Waals surface area contributed by atoms with Gasteiger partial charge in [0.1, 0.15) is 11.3 Å². The molecule has 0 fully saturated rings. The van der Waals surface area contributed by atoms with Crippen molar-refractivity contribution in [2.75, 3.05) is 24.4 Å². The SMILES string of the molecule is CCOC(=O)C[C@H](NC(=O)Nc1cc(OC)c2nc(NC(=O)CC)sc2c1)c1ccccc1. The van der Waals surface area contributed by atoms with Gasteiger partial charge >= 0.3 is 12.0 Å². The largest absolute Gasteiger partial charge is 0.494 e. The van der Waals surface area contributed by atoms with Crippen molar-refractivity contribution in [2.45, 2.75) is 32.7 Å². The van der Waals surface area contributed by atoms with Gasteiger partial charge in [-0.3, -0.25) is 9.59 Å². The number of ether oxygens (including phenoxy) is 2. The maximum Gasteiger partial charge on any atom is 0.319 e. The van der Waals surface area contributed by atoms with E-state index in [2.05, 4.69) is 20.9 Å². The summed E-state index contributed by atoms with van der Waals surface area (Å²) in [5.41, 5.74) is 1.86. The Morgan fingerprint density at radius 3 is 2.52 bits per heavy atom. The summed E-state index contributed by atoms with van der Waals surface area (Å²) in [6.07, 6.45) is 0.345. The monoisotopic (exact) mass is 470 g/mol. The van der Waals surface area contributed by atoms with Crippen molar-refractivity contribution in [3.8, 4) is 5.75 Å². The van der Waals surface area contributed by atoms with E-state index in [1.165, 1.54) is 18.4 Å². The van der Waals surface area contributed by atoms with Crippen LogP contribution in [0.5, 0.6) is 5.75 Å². The van der Waals surface area contributed by atoms with Gasteiger partial charge in [-0.1, -0.05) is 48.6 Å². The van der Waals surface area contributed by atoms with Gasteiger partial charge in [0.2, 0.25) is 5.91 Å². The second-order valence-electron chi connectivity index (χ2n) is 7.02. The highest BCUT2D eigenvalue weighted by molar-refractivity contribution is 7.22. The maximum atomic E-state index is 12.8. The van der Waals surface area contributed by atoms with Crippen LogP contribution in [-0.2, 0) is 14.3 Å². The quantitative estimate of drug-likeness (QED) is 0.397. The summed E-state index contributed by atoms with van der Waals surface area (Å²) in [6.45, 7) is 3.76. The van der Waals surface area contributed by atoms with Gasteiger partial charge < -0.3 is 25.4 Å². The number of amides is 3. The molecular weight excluding hydrogens is 444 g/mol. The highest BCUT2D eigenvalue weighted by atomic mass is 32.1. The number of fused-ring (bicyclic) bond motifs is 1. The number of anilines is 2. The smallest absolute Gasteiger partial charge is 0.319 e. The van der Waals surface area contributed by atoms with Crippen LogP contribution in [0.2, 0.25) is 0 Å². The molecule has 0 radical (unpaired) electrons. The molecule has 0 bridgehead atoms. The standard InChI is InChI=1S/C23H26N4O5S/c1-4-19(28)26-23-27-21-17(31-3)11-15(12-18(21)33-23)24-22(30)25-16(13-20(29)32-5-2)14-9-7-6-8-10-14/h6-12,16H,4-5,13H2,1-3H3,(H2,24,25,30)(H,26,27,28)/t16-/m0/s1. The Bertz CT molecular complexity index is 1130. The van der Waals surface area contributed by atoms with Crippen molar-refractivity contribution in [1.82, 2.24) is 10.3 Å². The van der Waals surface area contributed by atoms with Crippen molar-refractivity contribution in [1.29, 1.82) is 0 Å². The normalized spacial score (nSPS) is 11.5. The number of nitrogens with one attached hydrogen (secondary N) is 3. The zero-order chi connectivity index (χ0) is 23.8. The summed E-state index contributed by atoms with van der Waals surface area (Å²) >= 11 is 1.28. The van der Waals surface area contributed by atoms with Gasteiger partial charge in [0.05, 0.1) is 30.9 Å². The number of urea groups is 1. The number of thiazole rings is 1. The molecule has 0 unspecified atom stereocenters. The molecule has 3 rings (SSSR count). The fourth-order valence-corrected chi connectivity index (χ4v) is 4.08. The lowest BCUT2D eigenvalue weighted by Gasteiger charge is -2.19. The van der Waals surface area contributed by atoms with Crippen LogP contribution in [0.1, 0.15) is 38.3 Å². The van der Waals surface area contributed by atoms with Crippen LogP contribution in [0.3, 0.4) is 0 Å². The minimum atomic E-state index is -0.560. The molecule has 1 heterocycles. The number of hydrogen-bond donors (Lipinski definition) is 3. The topological polar surface area (TPSA) is 119 Å². The average molecular weight is 471 g/mol. The third kappa shape index (κ3) is 6.42. The Morgan fingerprint density at radius 1 is 1.09 bits per heavy atom. The molecule has 3 N–H and O–H groups in total. The first-order chi connectivity index (χ1) is 15.9. The van der Waals surface area contributed by atoms with Gasteiger partial charge in [0, 0.05) is 18.2 Å². The second kappa shape index (κ2) is 11.3. The van der Waals surface area contributed by atoms with Crippen LogP contribution in [0.15, 0.2) is 42.5 Å². The third-order valence-corrected chi connectivity index (χ3v) is 5.61. The molecule has 9 nitrogen and oxygen atoms in total. The van der Waals surface area contributed by atoms with Gasteiger partial charge in [0.25, 0.3) is 0 Å². The Balaban J connectivity index is 1.78. The van der Waals surface area contributed by atoms with E-state index in [4.69, 9.17) is 9.47 Å². The molecule has 10 heteroatoms. The number of aromatic nitrogens is 1. The van der Waals surface area contributed by atoms with Crippen molar-refractivity contribution in [3.05, 3.63) is 48.0 Å². The molecule has 0 saturated heterocycles. The minimum absolute atomic E-state index is 0.00294. The van der Waals surface area contributed by atoms with Crippen LogP contribution in [0.4, 0.5) is 15.6 Å². The Hall–Kier alpha value is -3.66. The summed E-state index contributed by atoms with van der Waals surface area (Å²) < 4.78 is 11.2. The van der Waals surface area contributed by atoms with Crippen molar-refractivity contribution < 1.29 is 23.9 Å². The first-order valence-corrected chi connectivity index (χ1v) is 11.3. The summed E-state index contributed by atoms with van der Waals surface area (Å²) in [6, 6.07) is 11.6. The van der Waals surface area contributed by atoms with Crippen molar-refractivity contribution >= 4 is 50.3 Å². The number of rotatable bonds is 9. The van der Waals surface area contributed by atoms with Crippen molar-refractivity contribution in [3.63, 3.8) is 0 Å². The van der Waals surface area contributed by atoms with Crippen LogP contribution in [-0.4, -0.2) is 36.6 Å². The first kappa shape index (κ1) is 24.0. The number of hydrogen-bond acceptors (Lipinski definition) is 7. The van der Waals surface area contributed by atoms with E-state index >= 15 is 0 Å². The summed E-state index contributed by atoms with van der Waals surface area (Å²) in [7, 11) is 1.51. The van der Waals surface area contributed by atoms with Gasteiger partial charge in [0.15, 0.2) is 5.13 Å². The molecule has 0 saturated carbocycles. The third-order valence-electron chi connectivity index (χ3n) is 4.69. The predicted octanol–water partition coefficient (Wildman–Crippen LogP) is 4.47. The molecule has 0 aliphatic rings. The molecule has 3 amide bonds. The Morgan fingerprint density at radius 2 is 1.85 bits per heavy atom. The van der Waals surface area contributed by atoms with Crippen molar-refractivity contribution in [2.24, 2.45) is 0 Å². The Labute approximate surface area is 195 Å². The summed E-state index contributed by atoms with van der Waals surface area (Å²) in [5, 5.41) is 8.81. The molecule has 2 aromatic carbocycles. The fourth-order valence-electron chi connectivity index (χ4n) is 3.14. The highest BCUT2D eigenvalue weighted by Crippen LogP contribution is 2.35. The molecule has 0 spiro atoms. The number of esters is 1. The number of nitrogens with zero attached hydrogens (tertiary/aromatic N) is 1. The van der Waals surface area contributed by atoms with Gasteiger partial charge in [-0.25, -0.2) is 9.78 Å². The molecule has 1 atom stereocenters. The molecule has 174 valence electrons. The highest BCUT2D eigenvalue weighted by Gasteiger charge is 2.20. The second-order valence-corrected chi connectivity index (χ2v) is 8.05. The molecule has 3 aromatic rings. The lowest BCUT2D eigenvalue weighted by Crippen LogP contribution is -2.34. The van der Waals surface area contributed by atoms with E-state index in [0.29, 0.717) is 28.5 Å². The van der Waals surface area contributed by atoms with Crippen LogP contribution in [0, 0.1) is 0 Å². The molecule has 0 aliphatic heterocycles. The lowest BCUT2D eigenvalue weighted by molar-refractivity contribution is -0.143. The molecule has 33 heavy (non-hydrogen) atoms. The predicted molar refractivity (Wildman–Crippen MR) is 128 cm³/mol. The van der Waals surface area contributed by atoms with Crippen LogP contribution in [0.25, 0.3) is 10.2 Å².